The molecular weight excluding hydrogens is 480 g/mol. The second kappa shape index (κ2) is 10.7. The maximum Gasteiger partial charge on any atom is 0.251 e. The number of carbonyl (C=O) groups excluding carboxylic acids is 1. The van der Waals surface area contributed by atoms with E-state index in [0.717, 1.165) is 48.6 Å². The van der Waals surface area contributed by atoms with E-state index in [4.69, 9.17) is 4.74 Å². The molecule has 5 heterocycles. The number of rotatable bonds is 6. The first-order valence-corrected chi connectivity index (χ1v) is 13.2. The number of likely N-dealkylation sites (tertiary alicyclic amines) is 1. The molecule has 3 aliphatic heterocycles. The van der Waals surface area contributed by atoms with Crippen LogP contribution in [0.3, 0.4) is 0 Å². The molecule has 3 aliphatic rings. The van der Waals surface area contributed by atoms with Gasteiger partial charge in [0.1, 0.15) is 11.4 Å². The third-order valence-corrected chi connectivity index (χ3v) is 7.79. The van der Waals surface area contributed by atoms with Gasteiger partial charge >= 0.3 is 0 Å². The van der Waals surface area contributed by atoms with Crippen LogP contribution in [0.5, 0.6) is 5.75 Å². The zero-order valence-electron chi connectivity index (χ0n) is 21.5. The summed E-state index contributed by atoms with van der Waals surface area (Å²) in [6.45, 7) is 2.50. The molecular formula is C28H34N8O2. The van der Waals surface area contributed by atoms with Crippen molar-refractivity contribution in [2.24, 2.45) is 0 Å². The molecule has 2 aromatic heterocycles. The van der Waals surface area contributed by atoms with Crippen LogP contribution in [0, 0.1) is 0 Å². The zero-order chi connectivity index (χ0) is 26.0. The van der Waals surface area contributed by atoms with E-state index in [2.05, 4.69) is 48.7 Å². The first-order valence-electron chi connectivity index (χ1n) is 13.2. The lowest BCUT2D eigenvalue weighted by Crippen LogP contribution is -2.63. The third kappa shape index (κ3) is 5.08. The molecule has 0 saturated carbocycles. The summed E-state index contributed by atoms with van der Waals surface area (Å²) in [5.41, 5.74) is 10.1. The van der Waals surface area contributed by atoms with Crippen LogP contribution in [0.4, 0.5) is 5.69 Å². The summed E-state index contributed by atoms with van der Waals surface area (Å²) in [6, 6.07) is 15.4. The molecule has 1 amide bonds. The van der Waals surface area contributed by atoms with Crippen LogP contribution >= 0.6 is 0 Å². The maximum absolute atomic E-state index is 13.3. The number of aromatic nitrogens is 2. The van der Waals surface area contributed by atoms with Gasteiger partial charge in [-0.3, -0.25) is 20.1 Å². The zero-order valence-corrected chi connectivity index (χ0v) is 21.5. The van der Waals surface area contributed by atoms with E-state index in [1.165, 1.54) is 0 Å². The highest BCUT2D eigenvalue weighted by atomic mass is 16.5. The summed E-state index contributed by atoms with van der Waals surface area (Å²) >= 11 is 0. The molecule has 10 heteroatoms. The lowest BCUT2D eigenvalue weighted by Gasteiger charge is -2.45. The predicted octanol–water partition coefficient (Wildman–Crippen LogP) is 2.33. The minimum Gasteiger partial charge on any atom is -0.491 e. The average molecular weight is 515 g/mol. The number of ether oxygens (including phenoxy) is 1. The summed E-state index contributed by atoms with van der Waals surface area (Å²) in [7, 11) is 2.16. The molecule has 0 bridgehead atoms. The van der Waals surface area contributed by atoms with E-state index in [1.54, 1.807) is 18.6 Å². The summed E-state index contributed by atoms with van der Waals surface area (Å²) in [5.74, 6) is 0.616. The highest BCUT2D eigenvalue weighted by Crippen LogP contribution is 2.33. The quantitative estimate of drug-likeness (QED) is 0.338. The summed E-state index contributed by atoms with van der Waals surface area (Å²) in [6.07, 6.45) is 7.89. The highest BCUT2D eigenvalue weighted by Gasteiger charge is 2.44. The number of hydrogen-bond acceptors (Lipinski definition) is 9. The van der Waals surface area contributed by atoms with Crippen LogP contribution in [-0.2, 0) is 0 Å². The van der Waals surface area contributed by atoms with Crippen molar-refractivity contribution in [3.63, 3.8) is 0 Å². The number of benzene rings is 1. The summed E-state index contributed by atoms with van der Waals surface area (Å²) in [4.78, 5) is 24.2. The molecule has 6 rings (SSSR count). The van der Waals surface area contributed by atoms with Gasteiger partial charge in [0.15, 0.2) is 0 Å². The second-order valence-corrected chi connectivity index (χ2v) is 10.3. The van der Waals surface area contributed by atoms with Crippen LogP contribution in [0.1, 0.15) is 53.1 Å². The SMILES string of the molecule is CN1CCC(Nc2cccc(C(=O)N[C@@H]3CCOc4cccnc43)c2)(C2NNC(c3ccncc3)N2)CC1. The first kappa shape index (κ1) is 24.7. The van der Waals surface area contributed by atoms with Gasteiger partial charge in [0.25, 0.3) is 5.91 Å². The highest BCUT2D eigenvalue weighted by molar-refractivity contribution is 5.95. The lowest BCUT2D eigenvalue weighted by molar-refractivity contribution is 0.0923. The number of fused-ring (bicyclic) bond motifs is 1. The number of carbonyl (C=O) groups is 1. The number of anilines is 1. The molecule has 2 fully saturated rings. The molecule has 3 aromatic rings. The average Bonchev–Trinajstić information content (AvgIpc) is 3.47. The minimum absolute atomic E-state index is 0.0170. The van der Waals surface area contributed by atoms with Gasteiger partial charge in [-0.2, -0.15) is 0 Å². The van der Waals surface area contributed by atoms with Crippen molar-refractivity contribution in [3.05, 3.63) is 83.9 Å². The Morgan fingerprint density at radius 3 is 2.76 bits per heavy atom. The minimum atomic E-state index is -0.250. The van der Waals surface area contributed by atoms with E-state index in [9.17, 15) is 4.79 Å². The van der Waals surface area contributed by atoms with Gasteiger partial charge in [-0.15, -0.1) is 0 Å². The third-order valence-electron chi connectivity index (χ3n) is 7.79. The standard InChI is InChI=1S/C28H34N8O2/c1-36-15-10-28(11-16-36,27-32-25(34-35-27)19-7-13-29-14-8-19)33-21-5-2-4-20(18-21)26(37)31-22-9-17-38-23-6-3-12-30-24(22)23/h2-8,12-14,18,22,25,27,32-35H,9-11,15-17H2,1H3,(H,31,37)/t22-,25?,27?/m1/s1. The van der Waals surface area contributed by atoms with E-state index >= 15 is 0 Å². The largest absolute Gasteiger partial charge is 0.491 e. The Balaban J connectivity index is 1.19. The van der Waals surface area contributed by atoms with E-state index in [0.29, 0.717) is 18.6 Å². The Morgan fingerprint density at radius 2 is 1.92 bits per heavy atom. The molecule has 0 aliphatic carbocycles. The summed E-state index contributed by atoms with van der Waals surface area (Å²) < 4.78 is 5.70. The molecule has 3 atom stereocenters. The number of nitrogens with one attached hydrogen (secondary N) is 5. The first-order chi connectivity index (χ1) is 18.6. The normalized spacial score (nSPS) is 24.7. The van der Waals surface area contributed by atoms with Crippen molar-refractivity contribution < 1.29 is 9.53 Å². The fourth-order valence-electron chi connectivity index (χ4n) is 5.57. The van der Waals surface area contributed by atoms with Crippen molar-refractivity contribution in [2.75, 3.05) is 32.1 Å². The molecule has 198 valence electrons. The van der Waals surface area contributed by atoms with Crippen molar-refractivity contribution in [3.8, 4) is 5.75 Å². The molecule has 5 N–H and O–H groups in total. The van der Waals surface area contributed by atoms with Crippen LogP contribution in [-0.4, -0.2) is 59.2 Å². The molecule has 10 nitrogen and oxygen atoms in total. The maximum atomic E-state index is 13.3. The summed E-state index contributed by atoms with van der Waals surface area (Å²) in [5, 5.41) is 10.7. The van der Waals surface area contributed by atoms with Crippen molar-refractivity contribution in [2.45, 2.75) is 43.2 Å². The molecule has 2 unspecified atom stereocenters. The molecule has 38 heavy (non-hydrogen) atoms. The molecule has 0 radical (unpaired) electrons. The monoisotopic (exact) mass is 514 g/mol. The number of nitrogens with zero attached hydrogens (tertiary/aromatic N) is 3. The van der Waals surface area contributed by atoms with Gasteiger partial charge in [0, 0.05) is 49.4 Å². The topological polar surface area (TPSA) is 115 Å². The fourth-order valence-corrected chi connectivity index (χ4v) is 5.57. The number of piperidine rings is 1. The van der Waals surface area contributed by atoms with Gasteiger partial charge < -0.3 is 20.3 Å². The molecule has 0 spiro atoms. The Kier molecular flexibility index (Phi) is 6.94. The second-order valence-electron chi connectivity index (χ2n) is 10.3. The van der Waals surface area contributed by atoms with Gasteiger partial charge in [-0.05, 0) is 67.9 Å². The van der Waals surface area contributed by atoms with E-state index in [1.807, 2.05) is 48.5 Å². The van der Waals surface area contributed by atoms with Gasteiger partial charge in [0.05, 0.1) is 30.5 Å². The van der Waals surface area contributed by atoms with Gasteiger partial charge in [-0.25, -0.2) is 10.9 Å². The number of pyridine rings is 2. The smallest absolute Gasteiger partial charge is 0.251 e. The van der Waals surface area contributed by atoms with E-state index in [-0.39, 0.29) is 29.8 Å². The number of amides is 1. The fraction of sp³-hybridized carbons (Fsp3) is 0.393. The molecule has 2 saturated heterocycles. The Bertz CT molecular complexity index is 1260. The number of hydrazine groups is 1. The Hall–Kier alpha value is -3.57. The van der Waals surface area contributed by atoms with Gasteiger partial charge in [-0.1, -0.05) is 6.07 Å². The van der Waals surface area contributed by atoms with Crippen LogP contribution < -0.4 is 31.5 Å². The van der Waals surface area contributed by atoms with Crippen LogP contribution in [0.2, 0.25) is 0 Å². The molecule has 1 aromatic carbocycles. The van der Waals surface area contributed by atoms with Crippen molar-refractivity contribution in [1.29, 1.82) is 0 Å². The van der Waals surface area contributed by atoms with Crippen molar-refractivity contribution >= 4 is 11.6 Å². The Labute approximate surface area is 222 Å². The van der Waals surface area contributed by atoms with Gasteiger partial charge in [0.2, 0.25) is 0 Å². The number of hydrogen-bond donors (Lipinski definition) is 5. The van der Waals surface area contributed by atoms with Crippen LogP contribution in [0.15, 0.2) is 67.1 Å². The predicted molar refractivity (Wildman–Crippen MR) is 144 cm³/mol. The van der Waals surface area contributed by atoms with Crippen molar-refractivity contribution in [1.82, 2.24) is 36.4 Å². The van der Waals surface area contributed by atoms with Crippen LogP contribution in [0.25, 0.3) is 0 Å². The Morgan fingerprint density at radius 1 is 1.08 bits per heavy atom. The lowest BCUT2D eigenvalue weighted by atomic mass is 9.84. The van der Waals surface area contributed by atoms with E-state index < -0.39 is 0 Å².